The molecule has 0 fully saturated rings. The quantitative estimate of drug-likeness (QED) is 0.685. The molecule has 0 radical (unpaired) electrons. The summed E-state index contributed by atoms with van der Waals surface area (Å²) < 4.78 is 6.65. The lowest BCUT2D eigenvalue weighted by atomic mass is 10.3. The van der Waals surface area contributed by atoms with E-state index in [4.69, 9.17) is 10.5 Å². The van der Waals surface area contributed by atoms with E-state index in [9.17, 15) is 0 Å². The van der Waals surface area contributed by atoms with Gasteiger partial charge in [-0.15, -0.1) is 0 Å². The summed E-state index contributed by atoms with van der Waals surface area (Å²) in [6.45, 7) is 2.84. The van der Waals surface area contributed by atoms with Gasteiger partial charge in [0.05, 0.1) is 16.8 Å². The zero-order valence-corrected chi connectivity index (χ0v) is 12.6. The normalized spacial score (nSPS) is 10.7. The molecule has 108 valence electrons. The van der Waals surface area contributed by atoms with E-state index in [0.29, 0.717) is 0 Å². The first-order valence-electron chi connectivity index (χ1n) is 6.90. The molecule has 0 aliphatic rings. The highest BCUT2D eigenvalue weighted by atomic mass is 32.1. The molecule has 3 aromatic rings. The topological polar surface area (TPSA) is 60.2 Å². The molecule has 0 aliphatic heterocycles. The van der Waals surface area contributed by atoms with Crippen molar-refractivity contribution in [3.05, 3.63) is 42.5 Å². The largest absolute Gasteiger partial charge is 0.494 e. The van der Waals surface area contributed by atoms with E-state index in [1.165, 1.54) is 0 Å². The Morgan fingerprint density at radius 3 is 2.76 bits per heavy atom. The van der Waals surface area contributed by atoms with Crippen molar-refractivity contribution in [3.8, 4) is 5.75 Å². The van der Waals surface area contributed by atoms with Crippen LogP contribution < -0.4 is 15.8 Å². The van der Waals surface area contributed by atoms with Crippen LogP contribution in [0.3, 0.4) is 0 Å². The van der Waals surface area contributed by atoms with Crippen molar-refractivity contribution in [2.45, 2.75) is 13.3 Å². The second-order valence-corrected chi connectivity index (χ2v) is 5.77. The first-order chi connectivity index (χ1) is 10.2. The molecule has 1 aromatic heterocycles. The molecule has 0 aliphatic carbocycles. The first kappa shape index (κ1) is 13.7. The summed E-state index contributed by atoms with van der Waals surface area (Å²) >= 11 is 1.59. The predicted octanol–water partition coefficient (Wildman–Crippen LogP) is 4.41. The van der Waals surface area contributed by atoms with Crippen molar-refractivity contribution < 1.29 is 4.74 Å². The Morgan fingerprint density at radius 1 is 1.19 bits per heavy atom. The van der Waals surface area contributed by atoms with E-state index >= 15 is 0 Å². The van der Waals surface area contributed by atoms with E-state index in [1.54, 1.807) is 11.3 Å². The number of ether oxygens (including phenoxy) is 1. The monoisotopic (exact) mass is 299 g/mol. The van der Waals surface area contributed by atoms with E-state index in [1.807, 2.05) is 42.5 Å². The van der Waals surface area contributed by atoms with Gasteiger partial charge in [0.25, 0.3) is 0 Å². The molecule has 0 amide bonds. The van der Waals surface area contributed by atoms with Crippen LogP contribution in [0.15, 0.2) is 42.5 Å². The number of nitrogens with two attached hydrogens (primary N) is 1. The van der Waals surface area contributed by atoms with Crippen LogP contribution in [-0.4, -0.2) is 11.6 Å². The minimum atomic E-state index is 0.742. The molecule has 0 bridgehead atoms. The lowest BCUT2D eigenvalue weighted by molar-refractivity contribution is 0.317. The molecular weight excluding hydrogens is 282 g/mol. The maximum absolute atomic E-state index is 5.79. The van der Waals surface area contributed by atoms with Gasteiger partial charge in [-0.25, -0.2) is 4.98 Å². The molecule has 0 unspecified atom stereocenters. The lowest BCUT2D eigenvalue weighted by Crippen LogP contribution is -1.95. The zero-order chi connectivity index (χ0) is 14.7. The highest BCUT2D eigenvalue weighted by molar-refractivity contribution is 7.22. The number of thiazole rings is 1. The first-order valence-corrected chi connectivity index (χ1v) is 7.72. The summed E-state index contributed by atoms with van der Waals surface area (Å²) in [4.78, 5) is 4.54. The van der Waals surface area contributed by atoms with Gasteiger partial charge in [-0.2, -0.15) is 0 Å². The van der Waals surface area contributed by atoms with Crippen molar-refractivity contribution in [3.63, 3.8) is 0 Å². The Bertz CT molecular complexity index is 737. The van der Waals surface area contributed by atoms with Crippen LogP contribution in [0.2, 0.25) is 0 Å². The summed E-state index contributed by atoms with van der Waals surface area (Å²) in [5, 5.41) is 4.17. The Morgan fingerprint density at radius 2 is 2.00 bits per heavy atom. The molecule has 0 saturated carbocycles. The summed E-state index contributed by atoms with van der Waals surface area (Å²) in [7, 11) is 0. The summed E-state index contributed by atoms with van der Waals surface area (Å²) in [6, 6.07) is 13.7. The van der Waals surface area contributed by atoms with Crippen molar-refractivity contribution in [1.29, 1.82) is 0 Å². The van der Waals surface area contributed by atoms with Crippen molar-refractivity contribution in [1.82, 2.24) is 4.98 Å². The number of fused-ring (bicyclic) bond motifs is 1. The van der Waals surface area contributed by atoms with Crippen LogP contribution in [0, 0.1) is 0 Å². The van der Waals surface area contributed by atoms with E-state index in [0.717, 1.165) is 45.5 Å². The van der Waals surface area contributed by atoms with Gasteiger partial charge in [-0.3, -0.25) is 0 Å². The standard InChI is InChI=1S/C16H17N3OS/c1-2-9-20-13-6-4-12(5-7-13)18-16-19-14-8-3-11(17)10-15(14)21-16/h3-8,10H,2,9,17H2,1H3,(H,18,19). The van der Waals surface area contributed by atoms with Crippen LogP contribution in [0.5, 0.6) is 5.75 Å². The van der Waals surface area contributed by atoms with Crippen LogP contribution in [0.25, 0.3) is 10.2 Å². The zero-order valence-electron chi connectivity index (χ0n) is 11.8. The molecule has 4 nitrogen and oxygen atoms in total. The van der Waals surface area contributed by atoms with Crippen LogP contribution in [0.4, 0.5) is 16.5 Å². The Hall–Kier alpha value is -2.27. The number of nitrogen functional groups attached to an aromatic ring is 1. The minimum absolute atomic E-state index is 0.742. The molecule has 1 heterocycles. The van der Waals surface area contributed by atoms with Gasteiger partial charge >= 0.3 is 0 Å². The number of benzene rings is 2. The van der Waals surface area contributed by atoms with E-state index in [2.05, 4.69) is 17.2 Å². The van der Waals surface area contributed by atoms with Gasteiger partial charge in [0.2, 0.25) is 0 Å². The van der Waals surface area contributed by atoms with Crippen molar-refractivity contribution in [2.24, 2.45) is 0 Å². The summed E-state index contributed by atoms with van der Waals surface area (Å²) in [5.74, 6) is 0.888. The van der Waals surface area contributed by atoms with E-state index < -0.39 is 0 Å². The maximum Gasteiger partial charge on any atom is 0.188 e. The number of hydrogen-bond acceptors (Lipinski definition) is 5. The summed E-state index contributed by atoms with van der Waals surface area (Å²) in [6.07, 6.45) is 1.01. The van der Waals surface area contributed by atoms with Crippen molar-refractivity contribution >= 4 is 38.1 Å². The van der Waals surface area contributed by atoms with Crippen LogP contribution in [0.1, 0.15) is 13.3 Å². The number of hydrogen-bond donors (Lipinski definition) is 2. The Kier molecular flexibility index (Phi) is 3.92. The molecule has 0 spiro atoms. The third kappa shape index (κ3) is 3.25. The Labute approximate surface area is 127 Å². The van der Waals surface area contributed by atoms with Gasteiger partial charge < -0.3 is 15.8 Å². The number of nitrogens with one attached hydrogen (secondary N) is 1. The number of anilines is 3. The van der Waals surface area contributed by atoms with Gasteiger partial charge in [-0.05, 0) is 48.9 Å². The van der Waals surface area contributed by atoms with Gasteiger partial charge in [0, 0.05) is 11.4 Å². The van der Waals surface area contributed by atoms with Gasteiger partial charge in [0.15, 0.2) is 5.13 Å². The van der Waals surface area contributed by atoms with Crippen molar-refractivity contribution in [2.75, 3.05) is 17.7 Å². The average Bonchev–Trinajstić information content (AvgIpc) is 2.88. The van der Waals surface area contributed by atoms with Gasteiger partial charge in [-0.1, -0.05) is 18.3 Å². The van der Waals surface area contributed by atoms with Gasteiger partial charge in [0.1, 0.15) is 5.75 Å². The molecule has 2 aromatic carbocycles. The lowest BCUT2D eigenvalue weighted by Gasteiger charge is -2.06. The maximum atomic E-state index is 5.79. The minimum Gasteiger partial charge on any atom is -0.494 e. The highest BCUT2D eigenvalue weighted by Crippen LogP contribution is 2.30. The molecule has 21 heavy (non-hydrogen) atoms. The SMILES string of the molecule is CCCOc1ccc(Nc2nc3ccc(N)cc3s2)cc1. The molecule has 3 N–H and O–H groups in total. The smallest absolute Gasteiger partial charge is 0.188 e. The fraction of sp³-hybridized carbons (Fsp3) is 0.188. The highest BCUT2D eigenvalue weighted by Gasteiger charge is 2.04. The molecule has 0 atom stereocenters. The number of nitrogens with zero attached hydrogens (tertiary/aromatic N) is 1. The van der Waals surface area contributed by atoms with E-state index in [-0.39, 0.29) is 0 Å². The molecule has 5 heteroatoms. The van der Waals surface area contributed by atoms with Crippen LogP contribution >= 0.6 is 11.3 Å². The third-order valence-corrected chi connectivity index (χ3v) is 3.92. The molecule has 3 rings (SSSR count). The Balaban J connectivity index is 1.75. The second kappa shape index (κ2) is 6.01. The predicted molar refractivity (Wildman–Crippen MR) is 89.5 cm³/mol. The number of aromatic nitrogens is 1. The summed E-state index contributed by atoms with van der Waals surface area (Å²) in [5.41, 5.74) is 8.50. The molecule has 0 saturated heterocycles. The van der Waals surface area contributed by atoms with Crippen LogP contribution in [-0.2, 0) is 0 Å². The second-order valence-electron chi connectivity index (χ2n) is 4.74. The fourth-order valence-electron chi connectivity index (χ4n) is 1.97. The molecular formula is C16H17N3OS. The average molecular weight is 299 g/mol. The number of rotatable bonds is 5. The fourth-order valence-corrected chi connectivity index (χ4v) is 2.91. The third-order valence-electron chi connectivity index (χ3n) is 2.99.